The van der Waals surface area contributed by atoms with E-state index >= 15 is 0 Å². The molecule has 0 bridgehead atoms. The summed E-state index contributed by atoms with van der Waals surface area (Å²) in [5, 5.41) is 0. The van der Waals surface area contributed by atoms with E-state index in [1.54, 1.807) is 36.5 Å². The molecule has 2 heterocycles. The zero-order valence-electron chi connectivity index (χ0n) is 16.4. The minimum atomic E-state index is -0.708. The first-order valence-electron chi connectivity index (χ1n) is 10.1. The number of carbonyl (C=O) groups excluding carboxylic acids is 2. The fourth-order valence-corrected chi connectivity index (χ4v) is 4.27. The van der Waals surface area contributed by atoms with Gasteiger partial charge in [-0.1, -0.05) is 37.3 Å². The SMILES string of the molecule is CCN1CCC[C@H]1CN=CC1C(=O)N(c2ccccc2F)C(=O)c2ccccc21. The van der Waals surface area contributed by atoms with Gasteiger partial charge in [0.1, 0.15) is 5.82 Å². The predicted molar refractivity (Wildman–Crippen MR) is 111 cm³/mol. The number of halogens is 1. The van der Waals surface area contributed by atoms with E-state index < -0.39 is 23.5 Å². The van der Waals surface area contributed by atoms with Gasteiger partial charge in [0.2, 0.25) is 5.91 Å². The van der Waals surface area contributed by atoms with Crippen LogP contribution in [-0.2, 0) is 4.79 Å². The number of nitrogens with zero attached hydrogens (tertiary/aromatic N) is 3. The highest BCUT2D eigenvalue weighted by Crippen LogP contribution is 2.33. The molecular weight excluding hydrogens is 369 g/mol. The van der Waals surface area contributed by atoms with Crippen LogP contribution in [-0.4, -0.2) is 48.6 Å². The van der Waals surface area contributed by atoms with Gasteiger partial charge in [-0.3, -0.25) is 19.5 Å². The lowest BCUT2D eigenvalue weighted by molar-refractivity contribution is -0.118. The van der Waals surface area contributed by atoms with Crippen LogP contribution in [0.1, 0.15) is 41.6 Å². The van der Waals surface area contributed by atoms with Crippen molar-refractivity contribution >= 4 is 23.7 Å². The minimum Gasteiger partial charge on any atom is -0.299 e. The number of amides is 2. The lowest BCUT2D eigenvalue weighted by atomic mass is 9.89. The van der Waals surface area contributed by atoms with Crippen molar-refractivity contribution in [1.82, 2.24) is 4.90 Å². The summed E-state index contributed by atoms with van der Waals surface area (Å²) >= 11 is 0. The Kier molecular flexibility index (Phi) is 5.53. The molecule has 0 aliphatic carbocycles. The van der Waals surface area contributed by atoms with Crippen LogP contribution in [0.2, 0.25) is 0 Å². The van der Waals surface area contributed by atoms with E-state index in [4.69, 9.17) is 0 Å². The molecule has 29 heavy (non-hydrogen) atoms. The van der Waals surface area contributed by atoms with Gasteiger partial charge in [-0.2, -0.15) is 0 Å². The molecule has 0 N–H and O–H groups in total. The minimum absolute atomic E-state index is 0.0247. The summed E-state index contributed by atoms with van der Waals surface area (Å²) < 4.78 is 14.4. The van der Waals surface area contributed by atoms with E-state index in [9.17, 15) is 14.0 Å². The topological polar surface area (TPSA) is 53.0 Å². The molecule has 0 aromatic heterocycles. The van der Waals surface area contributed by atoms with Crippen molar-refractivity contribution in [3.63, 3.8) is 0 Å². The number of likely N-dealkylation sites (N-methyl/N-ethyl adjacent to an activating group) is 1. The Hall–Kier alpha value is -2.86. The third-order valence-electron chi connectivity index (χ3n) is 5.79. The van der Waals surface area contributed by atoms with Crippen LogP contribution < -0.4 is 4.90 Å². The summed E-state index contributed by atoms with van der Waals surface area (Å²) in [5.74, 6) is -2.29. The van der Waals surface area contributed by atoms with Crippen molar-refractivity contribution in [2.75, 3.05) is 24.5 Å². The van der Waals surface area contributed by atoms with Gasteiger partial charge in [-0.15, -0.1) is 0 Å². The van der Waals surface area contributed by atoms with Crippen molar-refractivity contribution in [1.29, 1.82) is 0 Å². The zero-order chi connectivity index (χ0) is 20.4. The van der Waals surface area contributed by atoms with Crippen molar-refractivity contribution < 1.29 is 14.0 Å². The van der Waals surface area contributed by atoms with Crippen LogP contribution >= 0.6 is 0 Å². The fourth-order valence-electron chi connectivity index (χ4n) is 4.27. The van der Waals surface area contributed by atoms with Gasteiger partial charge < -0.3 is 0 Å². The first-order valence-corrected chi connectivity index (χ1v) is 10.1. The van der Waals surface area contributed by atoms with Crippen molar-refractivity contribution in [2.24, 2.45) is 4.99 Å². The normalized spacial score (nSPS) is 22.5. The average molecular weight is 393 g/mol. The van der Waals surface area contributed by atoms with E-state index in [2.05, 4.69) is 16.8 Å². The molecule has 4 rings (SSSR count). The summed E-state index contributed by atoms with van der Waals surface area (Å²) in [4.78, 5) is 34.1. The highest BCUT2D eigenvalue weighted by atomic mass is 19.1. The second kappa shape index (κ2) is 8.25. The standard InChI is InChI=1S/C23H24FN3O2/c1-2-26-13-7-8-16(26)14-25-15-19-17-9-3-4-10-18(17)22(28)27(23(19)29)21-12-6-5-11-20(21)24/h3-6,9-12,15-16,19H,2,7-8,13-14H2,1H3/t16-,19?/m0/s1. The summed E-state index contributed by atoms with van der Waals surface area (Å²) in [5.41, 5.74) is 1.00. The highest BCUT2D eigenvalue weighted by molar-refractivity contribution is 6.29. The van der Waals surface area contributed by atoms with E-state index in [1.165, 1.54) is 18.2 Å². The molecule has 150 valence electrons. The predicted octanol–water partition coefficient (Wildman–Crippen LogP) is 3.65. The number of aliphatic imine (C=N–C) groups is 1. The Bertz CT molecular complexity index is 959. The van der Waals surface area contributed by atoms with E-state index in [0.717, 1.165) is 30.8 Å². The molecule has 2 amide bonds. The molecular formula is C23H24FN3O2. The van der Waals surface area contributed by atoms with Gasteiger partial charge in [-0.05, 0) is 49.7 Å². The zero-order valence-corrected chi connectivity index (χ0v) is 16.4. The maximum atomic E-state index is 14.4. The van der Waals surface area contributed by atoms with Gasteiger partial charge in [0, 0.05) is 17.8 Å². The van der Waals surface area contributed by atoms with E-state index in [0.29, 0.717) is 23.7 Å². The second-order valence-corrected chi connectivity index (χ2v) is 7.43. The quantitative estimate of drug-likeness (QED) is 0.576. The van der Waals surface area contributed by atoms with Crippen LogP contribution in [0.15, 0.2) is 53.5 Å². The fraction of sp³-hybridized carbons (Fsp3) is 0.348. The van der Waals surface area contributed by atoms with Crippen LogP contribution in [0.3, 0.4) is 0 Å². The monoisotopic (exact) mass is 393 g/mol. The lowest BCUT2D eigenvalue weighted by Crippen LogP contribution is -2.46. The van der Waals surface area contributed by atoms with E-state index in [1.807, 2.05) is 0 Å². The Labute approximate surface area is 169 Å². The Morgan fingerprint density at radius 2 is 1.90 bits per heavy atom. The highest BCUT2D eigenvalue weighted by Gasteiger charge is 2.39. The first-order chi connectivity index (χ1) is 14.1. The molecule has 1 unspecified atom stereocenters. The first kappa shape index (κ1) is 19.5. The molecule has 2 atom stereocenters. The van der Waals surface area contributed by atoms with Gasteiger partial charge in [-0.25, -0.2) is 9.29 Å². The summed E-state index contributed by atoms with van der Waals surface area (Å²) in [6, 6.07) is 13.2. The number of imide groups is 1. The third-order valence-corrected chi connectivity index (χ3v) is 5.79. The van der Waals surface area contributed by atoms with Crippen molar-refractivity contribution in [3.8, 4) is 0 Å². The summed E-state index contributed by atoms with van der Waals surface area (Å²) in [6.45, 7) is 4.83. The number of hydrogen-bond acceptors (Lipinski definition) is 4. The molecule has 2 aromatic carbocycles. The summed E-state index contributed by atoms with van der Waals surface area (Å²) in [6.07, 6.45) is 3.89. The number of para-hydroxylation sites is 1. The van der Waals surface area contributed by atoms with Gasteiger partial charge in [0.25, 0.3) is 5.91 Å². The number of rotatable bonds is 5. The number of hydrogen-bond donors (Lipinski definition) is 0. The Morgan fingerprint density at radius 3 is 2.69 bits per heavy atom. The van der Waals surface area contributed by atoms with E-state index in [-0.39, 0.29) is 5.69 Å². The van der Waals surface area contributed by atoms with Crippen LogP contribution in [0.4, 0.5) is 10.1 Å². The third kappa shape index (κ3) is 3.60. The molecule has 0 saturated carbocycles. The smallest absolute Gasteiger partial charge is 0.265 e. The number of anilines is 1. The summed E-state index contributed by atoms with van der Waals surface area (Å²) in [7, 11) is 0. The Balaban J connectivity index is 1.66. The maximum Gasteiger partial charge on any atom is 0.265 e. The molecule has 1 saturated heterocycles. The molecule has 2 aliphatic rings. The molecule has 2 aromatic rings. The Morgan fingerprint density at radius 1 is 1.14 bits per heavy atom. The maximum absolute atomic E-state index is 14.4. The van der Waals surface area contributed by atoms with Gasteiger partial charge >= 0.3 is 0 Å². The molecule has 0 radical (unpaired) electrons. The molecule has 1 fully saturated rings. The number of benzene rings is 2. The second-order valence-electron chi connectivity index (χ2n) is 7.43. The molecule has 6 heteroatoms. The van der Waals surface area contributed by atoms with Crippen LogP contribution in [0.25, 0.3) is 0 Å². The number of fused-ring (bicyclic) bond motifs is 1. The van der Waals surface area contributed by atoms with Crippen LogP contribution in [0, 0.1) is 5.82 Å². The molecule has 2 aliphatic heterocycles. The van der Waals surface area contributed by atoms with Gasteiger partial charge in [0.05, 0.1) is 18.2 Å². The lowest BCUT2D eigenvalue weighted by Gasteiger charge is -2.31. The number of likely N-dealkylation sites (tertiary alicyclic amines) is 1. The van der Waals surface area contributed by atoms with Crippen LogP contribution in [0.5, 0.6) is 0 Å². The van der Waals surface area contributed by atoms with Gasteiger partial charge in [0.15, 0.2) is 0 Å². The van der Waals surface area contributed by atoms with Crippen molar-refractivity contribution in [2.45, 2.75) is 31.7 Å². The largest absolute Gasteiger partial charge is 0.299 e. The average Bonchev–Trinajstić information content (AvgIpc) is 3.19. The van der Waals surface area contributed by atoms with Crippen molar-refractivity contribution in [3.05, 3.63) is 65.5 Å². The molecule has 0 spiro atoms. The number of carbonyl (C=O) groups is 2. The molecule has 5 nitrogen and oxygen atoms in total.